The average Bonchev–Trinajstić information content (AvgIpc) is 3.53. The van der Waals surface area contributed by atoms with Crippen molar-refractivity contribution in [1.82, 2.24) is 29.2 Å². The highest BCUT2D eigenvalue weighted by Crippen LogP contribution is 2.47. The minimum Gasteiger partial charge on any atom is -0.478 e. The van der Waals surface area contributed by atoms with Crippen molar-refractivity contribution in [2.24, 2.45) is 13.0 Å². The summed E-state index contributed by atoms with van der Waals surface area (Å²) in [7, 11) is 3.37. The number of rotatable bonds is 7. The molecular formula is C27H31BrFN7O4. The molecule has 6 rings (SSSR count). The quantitative estimate of drug-likeness (QED) is 0.413. The number of carbonyl (C=O) groups is 1. The molecule has 1 saturated heterocycles. The summed E-state index contributed by atoms with van der Waals surface area (Å²) in [6, 6.07) is 4.60. The number of benzene rings is 1. The number of aromatic nitrogens is 3. The zero-order chi connectivity index (χ0) is 28.3. The number of hydrogen-bond acceptors (Lipinski definition) is 8. The van der Waals surface area contributed by atoms with Gasteiger partial charge in [0.15, 0.2) is 0 Å². The fourth-order valence-electron chi connectivity index (χ4n) is 6.61. The van der Waals surface area contributed by atoms with E-state index in [1.54, 1.807) is 29.5 Å². The molecule has 11 nitrogen and oxygen atoms in total. The van der Waals surface area contributed by atoms with E-state index in [1.807, 2.05) is 7.05 Å². The molecule has 2 fully saturated rings. The number of anilines is 1. The molecule has 2 aliphatic heterocycles. The highest BCUT2D eigenvalue weighted by Gasteiger charge is 2.47. The standard InChI is InChI=1S/C27H31BrFN7O4/c1-32-12-17(25(38)39)7-19(24(32)37)18-13-33(2)35(14-18)40-6-5-34-11-16-3-4-27(10-16,15-34)36-23-8-20(28)21(29)9-22(23)31-26(36)30/h7-9,12-13,16H,3-6,10-11,14-15H2,1-2H3,(H2,30,31)(H,38,39). The first-order valence-corrected chi connectivity index (χ1v) is 14.0. The third-order valence-electron chi connectivity index (χ3n) is 8.34. The van der Waals surface area contributed by atoms with E-state index in [9.17, 15) is 19.1 Å². The van der Waals surface area contributed by atoms with Gasteiger partial charge in [-0.1, -0.05) is 5.17 Å². The predicted molar refractivity (Wildman–Crippen MR) is 151 cm³/mol. The number of likely N-dealkylation sites (tertiary alicyclic amines) is 1. The Balaban J connectivity index is 1.13. The number of carboxylic acid groups (broad SMARTS) is 1. The first kappa shape index (κ1) is 26.9. The van der Waals surface area contributed by atoms with E-state index in [0.717, 1.165) is 37.9 Å². The summed E-state index contributed by atoms with van der Waals surface area (Å²) in [5.74, 6) is -0.520. The molecule has 2 aromatic heterocycles. The first-order chi connectivity index (χ1) is 19.0. The van der Waals surface area contributed by atoms with Crippen molar-refractivity contribution in [1.29, 1.82) is 0 Å². The van der Waals surface area contributed by atoms with Crippen molar-refractivity contribution in [3.05, 3.63) is 62.4 Å². The third kappa shape index (κ3) is 4.60. The summed E-state index contributed by atoms with van der Waals surface area (Å²) in [5.41, 5.74) is 8.40. The second-order valence-electron chi connectivity index (χ2n) is 11.1. The number of fused-ring (bicyclic) bond motifs is 3. The van der Waals surface area contributed by atoms with Gasteiger partial charge >= 0.3 is 5.97 Å². The van der Waals surface area contributed by atoms with Gasteiger partial charge in [-0.15, -0.1) is 0 Å². The summed E-state index contributed by atoms with van der Waals surface area (Å²) in [4.78, 5) is 37.2. The molecule has 1 aromatic carbocycles. The first-order valence-electron chi connectivity index (χ1n) is 13.2. The van der Waals surface area contributed by atoms with Crippen LogP contribution in [0.5, 0.6) is 0 Å². The number of hydrogen-bond donors (Lipinski definition) is 2. The SMILES string of the molecule is CN1C=C(c2cc(C(=O)O)cn(C)c2=O)CN1OCCN1CC2CCC(n3c(N)nc4cc(F)c(Br)cc43)(C2)C1. The number of aromatic carboxylic acids is 1. The number of piperidine rings is 1. The second-order valence-corrected chi connectivity index (χ2v) is 11.9. The van der Waals surface area contributed by atoms with Crippen LogP contribution in [0.15, 0.2) is 39.9 Å². The molecule has 4 heterocycles. The molecule has 3 aromatic rings. The van der Waals surface area contributed by atoms with Gasteiger partial charge in [-0.05, 0) is 53.2 Å². The van der Waals surface area contributed by atoms with E-state index < -0.39 is 5.97 Å². The Hall–Kier alpha value is -3.26. The van der Waals surface area contributed by atoms with Gasteiger partial charge < -0.3 is 20.0 Å². The summed E-state index contributed by atoms with van der Waals surface area (Å²) >= 11 is 3.31. The number of nitrogens with two attached hydrogens (primary N) is 1. The summed E-state index contributed by atoms with van der Waals surface area (Å²) < 4.78 is 18.0. The topological polar surface area (TPSA) is 122 Å². The lowest BCUT2D eigenvalue weighted by Gasteiger charge is -2.42. The Morgan fingerprint density at radius 1 is 1.32 bits per heavy atom. The van der Waals surface area contributed by atoms with Gasteiger partial charge in [-0.2, -0.15) is 0 Å². The molecule has 0 radical (unpaired) electrons. The second kappa shape index (κ2) is 9.98. The third-order valence-corrected chi connectivity index (χ3v) is 8.95. The van der Waals surface area contributed by atoms with Gasteiger partial charge in [-0.25, -0.2) is 14.2 Å². The Kier molecular flexibility index (Phi) is 6.72. The molecule has 1 aliphatic carbocycles. The monoisotopic (exact) mass is 615 g/mol. The Labute approximate surface area is 238 Å². The summed E-state index contributed by atoms with van der Waals surface area (Å²) in [5, 5.41) is 12.8. The van der Waals surface area contributed by atoms with Crippen LogP contribution in [-0.2, 0) is 17.4 Å². The van der Waals surface area contributed by atoms with Gasteiger partial charge in [0.1, 0.15) is 5.82 Å². The van der Waals surface area contributed by atoms with E-state index in [-0.39, 0.29) is 22.5 Å². The fourth-order valence-corrected chi connectivity index (χ4v) is 6.94. The molecule has 1 saturated carbocycles. The lowest BCUT2D eigenvalue weighted by atomic mass is 9.90. The molecular weight excluding hydrogens is 585 g/mol. The van der Waals surface area contributed by atoms with Crippen molar-refractivity contribution in [3.63, 3.8) is 0 Å². The van der Waals surface area contributed by atoms with Gasteiger partial charge in [0.05, 0.1) is 39.8 Å². The number of imidazole rings is 1. The van der Waals surface area contributed by atoms with Crippen LogP contribution in [0.1, 0.15) is 35.2 Å². The number of carboxylic acids is 1. The summed E-state index contributed by atoms with van der Waals surface area (Å²) in [6.07, 6.45) is 6.17. The molecule has 2 bridgehead atoms. The van der Waals surface area contributed by atoms with E-state index >= 15 is 0 Å². The lowest BCUT2D eigenvalue weighted by Crippen LogP contribution is -2.50. The van der Waals surface area contributed by atoms with Crippen LogP contribution in [0.25, 0.3) is 16.6 Å². The molecule has 0 amide bonds. The Morgan fingerprint density at radius 3 is 2.90 bits per heavy atom. The summed E-state index contributed by atoms with van der Waals surface area (Å²) in [6.45, 7) is 3.20. The molecule has 3 N–H and O–H groups in total. The fraction of sp³-hybridized carbons (Fsp3) is 0.444. The number of halogens is 2. The van der Waals surface area contributed by atoms with E-state index in [1.165, 1.54) is 22.9 Å². The predicted octanol–water partition coefficient (Wildman–Crippen LogP) is 2.86. The highest BCUT2D eigenvalue weighted by atomic mass is 79.9. The molecule has 2 unspecified atom stereocenters. The van der Waals surface area contributed by atoms with E-state index in [4.69, 9.17) is 10.6 Å². The van der Waals surface area contributed by atoms with Gasteiger partial charge in [-0.3, -0.25) is 19.5 Å². The number of aryl methyl sites for hydroxylation is 1. The van der Waals surface area contributed by atoms with Crippen molar-refractivity contribution in [2.75, 3.05) is 45.6 Å². The highest BCUT2D eigenvalue weighted by molar-refractivity contribution is 9.10. The van der Waals surface area contributed by atoms with Crippen LogP contribution in [0.3, 0.4) is 0 Å². The molecule has 40 heavy (non-hydrogen) atoms. The molecule has 13 heteroatoms. The van der Waals surface area contributed by atoms with Crippen LogP contribution in [0.2, 0.25) is 0 Å². The van der Waals surface area contributed by atoms with E-state index in [0.29, 0.717) is 52.7 Å². The van der Waals surface area contributed by atoms with E-state index in [2.05, 4.69) is 30.4 Å². The maximum absolute atomic E-state index is 14.2. The van der Waals surface area contributed by atoms with Crippen LogP contribution < -0.4 is 11.3 Å². The van der Waals surface area contributed by atoms with Crippen molar-refractivity contribution in [3.8, 4) is 0 Å². The maximum atomic E-state index is 14.2. The minimum atomic E-state index is -1.09. The van der Waals surface area contributed by atoms with Crippen molar-refractivity contribution in [2.45, 2.75) is 24.8 Å². The zero-order valence-electron chi connectivity index (χ0n) is 22.3. The smallest absolute Gasteiger partial charge is 0.337 e. The van der Waals surface area contributed by atoms with Gasteiger partial charge in [0.2, 0.25) is 5.95 Å². The molecule has 3 aliphatic rings. The van der Waals surface area contributed by atoms with Gasteiger partial charge in [0, 0.05) is 63.3 Å². The average molecular weight is 616 g/mol. The molecule has 212 valence electrons. The Morgan fingerprint density at radius 2 is 2.12 bits per heavy atom. The lowest BCUT2D eigenvalue weighted by molar-refractivity contribution is -0.245. The van der Waals surface area contributed by atoms with Crippen LogP contribution in [0, 0.1) is 11.7 Å². The number of hydrazine groups is 1. The maximum Gasteiger partial charge on any atom is 0.337 e. The van der Waals surface area contributed by atoms with Crippen molar-refractivity contribution < 1.29 is 19.1 Å². The largest absolute Gasteiger partial charge is 0.478 e. The zero-order valence-corrected chi connectivity index (χ0v) is 23.9. The number of hydroxylamine groups is 1. The van der Waals surface area contributed by atoms with Crippen molar-refractivity contribution >= 4 is 44.5 Å². The number of nitrogens with zero attached hydrogens (tertiary/aromatic N) is 6. The van der Waals surface area contributed by atoms with Gasteiger partial charge in [0.25, 0.3) is 5.56 Å². The van der Waals surface area contributed by atoms with Crippen LogP contribution >= 0.6 is 15.9 Å². The van der Waals surface area contributed by atoms with Crippen LogP contribution in [0.4, 0.5) is 10.3 Å². The minimum absolute atomic E-state index is 0.0532. The molecule has 0 spiro atoms. The molecule has 2 atom stereocenters. The number of nitrogen functional groups attached to an aromatic ring is 1. The normalized spacial score (nSPS) is 23.4. The Bertz CT molecular complexity index is 1600. The number of pyridine rings is 1. The van der Waals surface area contributed by atoms with Crippen LogP contribution in [-0.4, -0.2) is 80.1 Å².